The van der Waals surface area contributed by atoms with Crippen LogP contribution in [0.1, 0.15) is 39.3 Å². The van der Waals surface area contributed by atoms with Crippen molar-refractivity contribution < 1.29 is 19.1 Å². The largest absolute Gasteiger partial charge is 0.493 e. The fraction of sp³-hybridized carbons (Fsp3) is 0.474. The molecule has 1 unspecified atom stereocenters. The number of nitrogens with one attached hydrogen (secondary N) is 1. The Morgan fingerprint density at radius 3 is 2.36 bits per heavy atom. The monoisotopic (exact) mass is 348 g/mol. The van der Waals surface area contributed by atoms with Gasteiger partial charge in [-0.3, -0.25) is 9.59 Å². The summed E-state index contributed by atoms with van der Waals surface area (Å²) in [6.07, 6.45) is 1.59. The molecule has 0 spiro atoms. The van der Waals surface area contributed by atoms with E-state index in [2.05, 4.69) is 11.9 Å². The van der Waals surface area contributed by atoms with E-state index in [9.17, 15) is 9.59 Å². The van der Waals surface area contributed by atoms with Crippen molar-refractivity contribution in [3.05, 3.63) is 36.4 Å². The van der Waals surface area contributed by atoms with E-state index in [1.165, 1.54) is 26.0 Å². The number of rotatable bonds is 7. The molecular weight excluding hydrogens is 320 g/mol. The average molecular weight is 348 g/mol. The van der Waals surface area contributed by atoms with Crippen LogP contribution in [-0.4, -0.2) is 43.0 Å². The Morgan fingerprint density at radius 1 is 1.28 bits per heavy atom. The summed E-state index contributed by atoms with van der Waals surface area (Å²) in [6.45, 7) is 11.0. The molecule has 0 fully saturated rings. The van der Waals surface area contributed by atoms with Crippen molar-refractivity contribution in [2.75, 3.05) is 20.8 Å². The number of carbonyl (C=O) groups excluding carboxylic acids is 2. The zero-order valence-electron chi connectivity index (χ0n) is 15.9. The topological polar surface area (TPSA) is 67.9 Å². The van der Waals surface area contributed by atoms with Crippen LogP contribution in [0.5, 0.6) is 11.5 Å². The van der Waals surface area contributed by atoms with Crippen LogP contribution in [0.4, 0.5) is 0 Å². The summed E-state index contributed by atoms with van der Waals surface area (Å²) >= 11 is 0. The van der Waals surface area contributed by atoms with Crippen LogP contribution in [0.25, 0.3) is 0 Å². The highest BCUT2D eigenvalue weighted by atomic mass is 16.5. The van der Waals surface area contributed by atoms with Gasteiger partial charge in [0.1, 0.15) is 6.04 Å². The predicted octanol–water partition coefficient (Wildman–Crippen LogP) is 2.69. The van der Waals surface area contributed by atoms with Crippen LogP contribution in [0, 0.1) is 0 Å². The lowest BCUT2D eigenvalue weighted by atomic mass is 10.00. The zero-order valence-corrected chi connectivity index (χ0v) is 15.9. The SMILES string of the molecule is C=CCN(C(C)=O)C(C(=O)NC(C)(C)C)c1cccc(OC)c1OC. The molecule has 1 atom stereocenters. The zero-order chi connectivity index (χ0) is 19.2. The van der Waals surface area contributed by atoms with E-state index in [0.717, 1.165) is 0 Å². The minimum absolute atomic E-state index is 0.234. The van der Waals surface area contributed by atoms with Gasteiger partial charge in [0, 0.05) is 24.6 Å². The Labute approximate surface area is 149 Å². The summed E-state index contributed by atoms with van der Waals surface area (Å²) in [4.78, 5) is 26.7. The predicted molar refractivity (Wildman–Crippen MR) is 97.8 cm³/mol. The minimum atomic E-state index is -0.861. The normalized spacial score (nSPS) is 12.1. The number of benzene rings is 1. The highest BCUT2D eigenvalue weighted by Gasteiger charge is 2.34. The molecule has 0 bridgehead atoms. The summed E-state index contributed by atoms with van der Waals surface area (Å²) in [5, 5.41) is 2.94. The Balaban J connectivity index is 3.53. The van der Waals surface area contributed by atoms with Crippen LogP contribution >= 0.6 is 0 Å². The third-order valence-electron chi connectivity index (χ3n) is 3.52. The third-order valence-corrected chi connectivity index (χ3v) is 3.52. The van der Waals surface area contributed by atoms with Crippen LogP contribution in [-0.2, 0) is 9.59 Å². The number of hydrogen-bond donors (Lipinski definition) is 1. The van der Waals surface area contributed by atoms with Gasteiger partial charge in [0.15, 0.2) is 11.5 Å². The third kappa shape index (κ3) is 5.24. The second-order valence-corrected chi connectivity index (χ2v) is 6.68. The molecule has 1 N–H and O–H groups in total. The van der Waals surface area contributed by atoms with E-state index in [4.69, 9.17) is 9.47 Å². The van der Waals surface area contributed by atoms with Gasteiger partial charge in [-0.1, -0.05) is 18.2 Å². The minimum Gasteiger partial charge on any atom is -0.493 e. The van der Waals surface area contributed by atoms with Crippen molar-refractivity contribution in [3.63, 3.8) is 0 Å². The van der Waals surface area contributed by atoms with Gasteiger partial charge in [0.2, 0.25) is 11.8 Å². The van der Waals surface area contributed by atoms with Gasteiger partial charge in [-0.15, -0.1) is 6.58 Å². The van der Waals surface area contributed by atoms with E-state index in [-0.39, 0.29) is 18.4 Å². The first kappa shape index (κ1) is 20.5. The van der Waals surface area contributed by atoms with Crippen molar-refractivity contribution in [2.24, 2.45) is 0 Å². The maximum atomic E-state index is 13.0. The molecule has 0 radical (unpaired) electrons. The van der Waals surface area contributed by atoms with E-state index < -0.39 is 11.6 Å². The van der Waals surface area contributed by atoms with Crippen molar-refractivity contribution in [1.82, 2.24) is 10.2 Å². The highest BCUT2D eigenvalue weighted by Crippen LogP contribution is 2.37. The lowest BCUT2D eigenvalue weighted by molar-refractivity contribution is -0.139. The van der Waals surface area contributed by atoms with Gasteiger partial charge < -0.3 is 19.7 Å². The van der Waals surface area contributed by atoms with Crippen LogP contribution in [0.3, 0.4) is 0 Å². The van der Waals surface area contributed by atoms with Crippen molar-refractivity contribution >= 4 is 11.8 Å². The number of methoxy groups -OCH3 is 2. The molecule has 0 aromatic heterocycles. The molecule has 0 aliphatic rings. The van der Waals surface area contributed by atoms with E-state index in [1.807, 2.05) is 20.8 Å². The van der Waals surface area contributed by atoms with Gasteiger partial charge in [-0.05, 0) is 26.8 Å². The number of carbonyl (C=O) groups is 2. The summed E-state index contributed by atoms with van der Waals surface area (Å²) in [6, 6.07) is 4.40. The number of para-hydroxylation sites is 1. The summed E-state index contributed by atoms with van der Waals surface area (Å²) in [7, 11) is 3.03. The Bertz CT molecular complexity index is 635. The molecule has 1 aromatic carbocycles. The quantitative estimate of drug-likeness (QED) is 0.769. The van der Waals surface area contributed by atoms with E-state index >= 15 is 0 Å². The molecule has 25 heavy (non-hydrogen) atoms. The molecule has 6 nitrogen and oxygen atoms in total. The lowest BCUT2D eigenvalue weighted by Crippen LogP contribution is -2.49. The fourth-order valence-electron chi connectivity index (χ4n) is 2.57. The lowest BCUT2D eigenvalue weighted by Gasteiger charge is -2.33. The average Bonchev–Trinajstić information content (AvgIpc) is 2.52. The maximum Gasteiger partial charge on any atom is 0.248 e. The second kappa shape index (κ2) is 8.55. The smallest absolute Gasteiger partial charge is 0.248 e. The molecule has 6 heteroatoms. The summed E-state index contributed by atoms with van der Waals surface area (Å²) in [5.41, 5.74) is 0.110. The molecular formula is C19H28N2O4. The van der Waals surface area contributed by atoms with Gasteiger partial charge in [-0.2, -0.15) is 0 Å². The van der Waals surface area contributed by atoms with Crippen LogP contribution in [0.2, 0.25) is 0 Å². The second-order valence-electron chi connectivity index (χ2n) is 6.68. The first-order valence-corrected chi connectivity index (χ1v) is 8.07. The molecule has 1 rings (SSSR count). The first-order chi connectivity index (χ1) is 11.7. The maximum absolute atomic E-state index is 13.0. The van der Waals surface area contributed by atoms with Crippen molar-refractivity contribution in [2.45, 2.75) is 39.3 Å². The Hall–Kier alpha value is -2.50. The van der Waals surface area contributed by atoms with Crippen LogP contribution in [0.15, 0.2) is 30.9 Å². The molecule has 0 aliphatic heterocycles. The van der Waals surface area contributed by atoms with Crippen molar-refractivity contribution in [1.29, 1.82) is 0 Å². The highest BCUT2D eigenvalue weighted by molar-refractivity contribution is 5.89. The molecule has 1 aromatic rings. The number of hydrogen-bond acceptors (Lipinski definition) is 4. The van der Waals surface area contributed by atoms with E-state index in [0.29, 0.717) is 17.1 Å². The number of amides is 2. The fourth-order valence-corrected chi connectivity index (χ4v) is 2.57. The number of nitrogens with zero attached hydrogens (tertiary/aromatic N) is 1. The molecule has 0 aliphatic carbocycles. The van der Waals surface area contributed by atoms with Gasteiger partial charge in [0.05, 0.1) is 14.2 Å². The molecule has 0 saturated heterocycles. The Morgan fingerprint density at radius 2 is 1.92 bits per heavy atom. The van der Waals surface area contributed by atoms with Gasteiger partial charge in [0.25, 0.3) is 0 Å². The summed E-state index contributed by atoms with van der Waals surface area (Å²) in [5.74, 6) is 0.389. The molecule has 138 valence electrons. The van der Waals surface area contributed by atoms with Gasteiger partial charge in [-0.25, -0.2) is 0 Å². The number of ether oxygens (including phenoxy) is 2. The molecule has 0 heterocycles. The summed E-state index contributed by atoms with van der Waals surface area (Å²) < 4.78 is 10.8. The van der Waals surface area contributed by atoms with Crippen LogP contribution < -0.4 is 14.8 Å². The standard InChI is InChI=1S/C19H28N2O4/c1-8-12-21(13(2)22)16(18(23)20-19(3,4)5)14-10-9-11-15(24-6)17(14)25-7/h8-11,16H,1,12H2,2-7H3,(H,20,23). The molecule has 0 saturated carbocycles. The Kier molecular flexibility index (Phi) is 7.03. The van der Waals surface area contributed by atoms with E-state index in [1.54, 1.807) is 24.3 Å². The molecule has 2 amide bonds. The first-order valence-electron chi connectivity index (χ1n) is 8.07. The van der Waals surface area contributed by atoms with Crippen molar-refractivity contribution in [3.8, 4) is 11.5 Å². The van der Waals surface area contributed by atoms with Gasteiger partial charge >= 0.3 is 0 Å².